The van der Waals surface area contributed by atoms with Gasteiger partial charge in [-0.25, -0.2) is 9.97 Å². The summed E-state index contributed by atoms with van der Waals surface area (Å²) in [6.07, 6.45) is -1.05. The van der Waals surface area contributed by atoms with Crippen molar-refractivity contribution >= 4 is 28.4 Å². The summed E-state index contributed by atoms with van der Waals surface area (Å²) in [4.78, 5) is 29.7. The van der Waals surface area contributed by atoms with E-state index >= 15 is 0 Å². The Balaban J connectivity index is 1.12. The van der Waals surface area contributed by atoms with Crippen molar-refractivity contribution in [2.75, 3.05) is 68.7 Å². The Kier molecular flexibility index (Phi) is 6.22. The molecule has 2 saturated heterocycles. The molecule has 186 valence electrons. The van der Waals surface area contributed by atoms with E-state index in [4.69, 9.17) is 0 Å². The van der Waals surface area contributed by atoms with Crippen molar-refractivity contribution in [1.82, 2.24) is 29.5 Å². The summed E-state index contributed by atoms with van der Waals surface area (Å²) in [5.41, 5.74) is 0.699. The van der Waals surface area contributed by atoms with E-state index in [1.165, 1.54) is 18.5 Å². The zero-order valence-corrected chi connectivity index (χ0v) is 19.4. The summed E-state index contributed by atoms with van der Waals surface area (Å²) in [6, 6.07) is 5.42. The van der Waals surface area contributed by atoms with Gasteiger partial charge in [-0.1, -0.05) is 6.07 Å². The van der Waals surface area contributed by atoms with Crippen LogP contribution in [0.4, 0.5) is 24.7 Å². The zero-order chi connectivity index (χ0) is 24.6. The highest BCUT2D eigenvalue weighted by Crippen LogP contribution is 2.32. The number of rotatable bonds is 4. The predicted octanol–water partition coefficient (Wildman–Crippen LogP) is 1.85. The van der Waals surface area contributed by atoms with E-state index in [0.29, 0.717) is 64.6 Å². The molecule has 4 heterocycles. The fraction of sp³-hybridized carbons (Fsp3) is 0.478. The van der Waals surface area contributed by atoms with Crippen molar-refractivity contribution in [2.45, 2.75) is 6.18 Å². The molecule has 0 atom stereocenters. The van der Waals surface area contributed by atoms with Gasteiger partial charge in [-0.15, -0.1) is 0 Å². The summed E-state index contributed by atoms with van der Waals surface area (Å²) >= 11 is 0. The number of anilines is 2. The number of fused-ring (bicyclic) bond motifs is 1. The molecule has 0 radical (unpaired) electrons. The van der Waals surface area contributed by atoms with Gasteiger partial charge in [-0.2, -0.15) is 18.3 Å². The number of amides is 1. The number of aryl methyl sites for hydroxylation is 1. The molecule has 35 heavy (non-hydrogen) atoms. The Labute approximate surface area is 200 Å². The normalized spacial score (nSPS) is 17.9. The second-order valence-corrected chi connectivity index (χ2v) is 8.88. The standard InChI is InChI=1S/C23H27F3N8O/c1-30-21-19(14-29-30)22(28-16-27-21)34-11-9-33(10-12-34)20(35)15-31-5-7-32(8-6-31)18-4-2-3-17(13-18)23(24,25)26/h2-4,13-14,16H,5-12,15H2,1H3. The number of hydrogen-bond donors (Lipinski definition) is 0. The number of carbonyl (C=O) groups excluding carboxylic acids is 1. The van der Waals surface area contributed by atoms with E-state index < -0.39 is 11.7 Å². The molecule has 12 heteroatoms. The lowest BCUT2D eigenvalue weighted by atomic mass is 10.1. The van der Waals surface area contributed by atoms with Gasteiger partial charge in [0.05, 0.1) is 23.7 Å². The van der Waals surface area contributed by atoms with Gasteiger partial charge >= 0.3 is 6.18 Å². The molecule has 0 unspecified atom stereocenters. The van der Waals surface area contributed by atoms with Crippen LogP contribution < -0.4 is 9.80 Å². The molecule has 2 fully saturated rings. The van der Waals surface area contributed by atoms with E-state index in [0.717, 1.165) is 22.9 Å². The summed E-state index contributed by atoms with van der Waals surface area (Å²) in [7, 11) is 1.84. The van der Waals surface area contributed by atoms with Crippen LogP contribution in [0.3, 0.4) is 0 Å². The lowest BCUT2D eigenvalue weighted by molar-refractivity contribution is -0.137. The smallest absolute Gasteiger partial charge is 0.369 e. The molecule has 3 aromatic rings. The molecule has 2 aromatic heterocycles. The summed E-state index contributed by atoms with van der Waals surface area (Å²) in [6.45, 7) is 5.30. The van der Waals surface area contributed by atoms with Gasteiger partial charge in [0.15, 0.2) is 5.65 Å². The minimum absolute atomic E-state index is 0.0754. The third kappa shape index (κ3) is 4.88. The molecular formula is C23H27F3N8O. The number of alkyl halides is 3. The molecule has 5 rings (SSSR count). The third-order valence-corrected chi connectivity index (χ3v) is 6.71. The number of halogens is 3. The third-order valence-electron chi connectivity index (χ3n) is 6.71. The van der Waals surface area contributed by atoms with Gasteiger partial charge in [0, 0.05) is 65.1 Å². The minimum atomic E-state index is -4.36. The Bertz CT molecular complexity index is 1200. The second kappa shape index (κ2) is 9.33. The van der Waals surface area contributed by atoms with Crippen LogP contribution in [0.25, 0.3) is 11.0 Å². The van der Waals surface area contributed by atoms with Crippen LogP contribution in [0, 0.1) is 0 Å². The Hall–Kier alpha value is -3.41. The highest BCUT2D eigenvalue weighted by molar-refractivity contribution is 5.87. The maximum absolute atomic E-state index is 13.0. The molecule has 0 aliphatic carbocycles. The topological polar surface area (TPSA) is 73.6 Å². The maximum atomic E-state index is 13.0. The van der Waals surface area contributed by atoms with Crippen LogP contribution in [-0.2, 0) is 18.0 Å². The monoisotopic (exact) mass is 488 g/mol. The zero-order valence-electron chi connectivity index (χ0n) is 19.4. The van der Waals surface area contributed by atoms with Gasteiger partial charge < -0.3 is 14.7 Å². The van der Waals surface area contributed by atoms with E-state index in [-0.39, 0.29) is 5.91 Å². The second-order valence-electron chi connectivity index (χ2n) is 8.88. The van der Waals surface area contributed by atoms with Crippen molar-refractivity contribution in [2.24, 2.45) is 7.05 Å². The predicted molar refractivity (Wildman–Crippen MR) is 125 cm³/mol. The lowest BCUT2D eigenvalue weighted by Crippen LogP contribution is -2.54. The molecule has 0 N–H and O–H groups in total. The number of benzene rings is 1. The minimum Gasteiger partial charge on any atom is -0.369 e. The first-order valence-electron chi connectivity index (χ1n) is 11.6. The van der Waals surface area contributed by atoms with E-state index in [1.807, 2.05) is 16.8 Å². The first kappa shape index (κ1) is 23.3. The molecule has 0 spiro atoms. The van der Waals surface area contributed by atoms with Crippen molar-refractivity contribution in [1.29, 1.82) is 0 Å². The number of aromatic nitrogens is 4. The van der Waals surface area contributed by atoms with Crippen molar-refractivity contribution in [3.63, 3.8) is 0 Å². The average Bonchev–Trinajstić information content (AvgIpc) is 3.25. The van der Waals surface area contributed by atoms with Gasteiger partial charge in [-0.3, -0.25) is 14.4 Å². The molecule has 9 nitrogen and oxygen atoms in total. The molecular weight excluding hydrogens is 461 g/mol. The van der Waals surface area contributed by atoms with E-state index in [1.54, 1.807) is 16.9 Å². The Morgan fingerprint density at radius 3 is 2.40 bits per heavy atom. The van der Waals surface area contributed by atoms with Crippen LogP contribution in [-0.4, -0.2) is 94.4 Å². The summed E-state index contributed by atoms with van der Waals surface area (Å²) < 4.78 is 40.8. The van der Waals surface area contributed by atoms with Gasteiger partial charge in [0.1, 0.15) is 12.1 Å². The van der Waals surface area contributed by atoms with Crippen molar-refractivity contribution in [3.8, 4) is 0 Å². The summed E-state index contributed by atoms with van der Waals surface area (Å²) in [5.74, 6) is 0.910. The Morgan fingerprint density at radius 1 is 0.971 bits per heavy atom. The van der Waals surface area contributed by atoms with Crippen LogP contribution in [0.1, 0.15) is 5.56 Å². The molecule has 1 aromatic carbocycles. The highest BCUT2D eigenvalue weighted by Gasteiger charge is 2.31. The fourth-order valence-electron chi connectivity index (χ4n) is 4.70. The maximum Gasteiger partial charge on any atom is 0.416 e. The highest BCUT2D eigenvalue weighted by atomic mass is 19.4. The fourth-order valence-corrected chi connectivity index (χ4v) is 4.70. The van der Waals surface area contributed by atoms with Crippen LogP contribution in [0.15, 0.2) is 36.8 Å². The number of carbonyl (C=O) groups is 1. The van der Waals surface area contributed by atoms with Crippen LogP contribution in [0.5, 0.6) is 0 Å². The number of hydrogen-bond acceptors (Lipinski definition) is 7. The molecule has 0 saturated carbocycles. The molecule has 0 bridgehead atoms. The number of piperazine rings is 2. The molecule has 2 aliphatic rings. The van der Waals surface area contributed by atoms with Crippen molar-refractivity contribution < 1.29 is 18.0 Å². The Morgan fingerprint density at radius 2 is 1.69 bits per heavy atom. The van der Waals surface area contributed by atoms with E-state index in [2.05, 4.69) is 24.9 Å². The SMILES string of the molecule is Cn1ncc2c(N3CCN(C(=O)CN4CCN(c5cccc(C(F)(F)F)c5)CC4)CC3)ncnc21. The van der Waals surface area contributed by atoms with Crippen molar-refractivity contribution in [3.05, 3.63) is 42.4 Å². The average molecular weight is 489 g/mol. The first-order valence-corrected chi connectivity index (χ1v) is 11.6. The van der Waals surface area contributed by atoms with Crippen LogP contribution >= 0.6 is 0 Å². The molecule has 1 amide bonds. The largest absolute Gasteiger partial charge is 0.416 e. The van der Waals surface area contributed by atoms with E-state index in [9.17, 15) is 18.0 Å². The lowest BCUT2D eigenvalue weighted by Gasteiger charge is -2.39. The number of nitrogens with zero attached hydrogens (tertiary/aromatic N) is 8. The van der Waals surface area contributed by atoms with Gasteiger partial charge in [0.2, 0.25) is 5.91 Å². The van der Waals surface area contributed by atoms with Crippen LogP contribution in [0.2, 0.25) is 0 Å². The molecule has 2 aliphatic heterocycles. The van der Waals surface area contributed by atoms with Gasteiger partial charge in [0.25, 0.3) is 0 Å². The van der Waals surface area contributed by atoms with Gasteiger partial charge in [-0.05, 0) is 18.2 Å². The quantitative estimate of drug-likeness (QED) is 0.555. The first-order chi connectivity index (χ1) is 16.8. The summed E-state index contributed by atoms with van der Waals surface area (Å²) in [5, 5.41) is 5.16.